The Hall–Kier alpha value is -3.39. The first-order valence-electron chi connectivity index (χ1n) is 9.52. The summed E-state index contributed by atoms with van der Waals surface area (Å²) < 4.78 is 14.0. The Bertz CT molecular complexity index is 994. The Morgan fingerprint density at radius 2 is 2.13 bits per heavy atom. The molecule has 2 amide bonds. The van der Waals surface area contributed by atoms with E-state index in [0.29, 0.717) is 28.8 Å². The molecular formula is C22H24FN3O4. The van der Waals surface area contributed by atoms with Crippen molar-refractivity contribution in [3.63, 3.8) is 0 Å². The fourth-order valence-electron chi connectivity index (χ4n) is 3.54. The average molecular weight is 413 g/mol. The van der Waals surface area contributed by atoms with E-state index < -0.39 is 23.4 Å². The van der Waals surface area contributed by atoms with E-state index in [-0.39, 0.29) is 25.3 Å². The normalized spacial score (nSPS) is 14.8. The van der Waals surface area contributed by atoms with Crippen LogP contribution in [0, 0.1) is 5.82 Å². The first-order valence-corrected chi connectivity index (χ1v) is 9.52. The molecule has 1 atom stereocenters. The fourth-order valence-corrected chi connectivity index (χ4v) is 3.54. The van der Waals surface area contributed by atoms with Crippen LogP contribution in [0.25, 0.3) is 0 Å². The lowest BCUT2D eigenvalue weighted by molar-refractivity contribution is -0.159. The number of amides is 2. The molecule has 4 N–H and O–H groups in total. The van der Waals surface area contributed by atoms with E-state index in [0.717, 1.165) is 11.0 Å². The number of phenolic OH excluding ortho intramolecular Hbond substituents is 1. The topological polar surface area (TPSA) is 102 Å². The molecule has 7 nitrogen and oxygen atoms in total. The molecule has 0 saturated carbocycles. The number of aromatic hydroxyl groups is 1. The number of halogens is 1. The Morgan fingerprint density at radius 3 is 2.80 bits per heavy atom. The van der Waals surface area contributed by atoms with Crippen LogP contribution in [0.15, 0.2) is 49.1 Å². The van der Waals surface area contributed by atoms with E-state index in [9.17, 15) is 24.2 Å². The number of phenols is 1. The molecule has 0 spiro atoms. The van der Waals surface area contributed by atoms with E-state index in [1.54, 1.807) is 24.3 Å². The van der Waals surface area contributed by atoms with Gasteiger partial charge in [-0.1, -0.05) is 18.2 Å². The summed E-state index contributed by atoms with van der Waals surface area (Å²) in [6.07, 6.45) is 1.92. The van der Waals surface area contributed by atoms with Crippen LogP contribution in [0.3, 0.4) is 0 Å². The number of likely N-dealkylation sites (N-methyl/N-ethyl adjacent to an activating group) is 1. The summed E-state index contributed by atoms with van der Waals surface area (Å²) in [5, 5.41) is 25.9. The number of nitrogens with one attached hydrogen (secondary N) is 2. The predicted molar refractivity (Wildman–Crippen MR) is 110 cm³/mol. The predicted octanol–water partition coefficient (Wildman–Crippen LogP) is 2.50. The second-order valence-corrected chi connectivity index (χ2v) is 7.08. The van der Waals surface area contributed by atoms with Gasteiger partial charge in [0.25, 0.3) is 11.8 Å². The van der Waals surface area contributed by atoms with Gasteiger partial charge < -0.3 is 20.8 Å². The molecule has 2 aromatic rings. The van der Waals surface area contributed by atoms with Crippen molar-refractivity contribution in [1.29, 1.82) is 0 Å². The zero-order valence-corrected chi connectivity index (χ0v) is 16.6. The van der Waals surface area contributed by atoms with Crippen molar-refractivity contribution in [3.8, 4) is 5.75 Å². The maximum Gasteiger partial charge on any atom is 0.273 e. The molecule has 30 heavy (non-hydrogen) atoms. The van der Waals surface area contributed by atoms with Crippen LogP contribution >= 0.6 is 0 Å². The molecule has 0 saturated heterocycles. The molecule has 8 heteroatoms. The Balaban J connectivity index is 1.87. The molecule has 2 aromatic carbocycles. The van der Waals surface area contributed by atoms with Crippen molar-refractivity contribution in [2.75, 3.05) is 12.4 Å². The number of carbonyl (C=O) groups excluding carboxylic acids is 2. The van der Waals surface area contributed by atoms with E-state index in [2.05, 4.69) is 17.2 Å². The number of carbonyl (C=O) groups is 2. The number of rotatable bonds is 8. The highest BCUT2D eigenvalue weighted by molar-refractivity contribution is 6.03. The van der Waals surface area contributed by atoms with Crippen molar-refractivity contribution in [2.24, 2.45) is 0 Å². The van der Waals surface area contributed by atoms with Crippen molar-refractivity contribution >= 4 is 17.5 Å². The first-order chi connectivity index (χ1) is 14.3. The van der Waals surface area contributed by atoms with Gasteiger partial charge in [0.2, 0.25) is 5.72 Å². The van der Waals surface area contributed by atoms with Crippen LogP contribution in [0.4, 0.5) is 10.1 Å². The molecule has 0 aliphatic carbocycles. The van der Waals surface area contributed by atoms with Gasteiger partial charge in [0.05, 0.1) is 6.54 Å². The van der Waals surface area contributed by atoms with Gasteiger partial charge >= 0.3 is 0 Å². The standard InChI is InChI=1S/C22H24FN3O4/c1-3-4-10-22(30,21(29)24-2)26-13-17-16(20(26)28)6-5-7-19(17)25-12-14-8-9-15(27)11-18(14)23/h3,5-9,11,25,27,30H,1,4,10,12-13H2,2H3,(H,24,29). The van der Waals surface area contributed by atoms with Gasteiger partial charge in [-0.15, -0.1) is 6.58 Å². The molecule has 3 rings (SSSR count). The van der Waals surface area contributed by atoms with E-state index >= 15 is 0 Å². The summed E-state index contributed by atoms with van der Waals surface area (Å²) in [5.41, 5.74) is -0.0905. The fraction of sp³-hybridized carbons (Fsp3) is 0.273. The number of fused-ring (bicyclic) bond motifs is 1. The average Bonchev–Trinajstić information content (AvgIpc) is 3.08. The first kappa shape index (κ1) is 21.3. The highest BCUT2D eigenvalue weighted by atomic mass is 19.1. The van der Waals surface area contributed by atoms with E-state index in [1.807, 2.05) is 0 Å². The smallest absolute Gasteiger partial charge is 0.273 e. The Morgan fingerprint density at radius 1 is 1.37 bits per heavy atom. The van der Waals surface area contributed by atoms with Crippen LogP contribution in [0.1, 0.15) is 34.3 Å². The number of benzene rings is 2. The Labute approximate surface area is 173 Å². The van der Waals surface area contributed by atoms with Crippen LogP contribution in [-0.2, 0) is 17.9 Å². The monoisotopic (exact) mass is 413 g/mol. The summed E-state index contributed by atoms with van der Waals surface area (Å²) in [4.78, 5) is 26.6. The summed E-state index contributed by atoms with van der Waals surface area (Å²) >= 11 is 0. The highest BCUT2D eigenvalue weighted by Gasteiger charge is 2.47. The van der Waals surface area contributed by atoms with E-state index in [1.165, 1.54) is 19.2 Å². The van der Waals surface area contributed by atoms with Crippen molar-refractivity contribution in [3.05, 3.63) is 71.6 Å². The molecule has 1 heterocycles. The second-order valence-electron chi connectivity index (χ2n) is 7.08. The summed E-state index contributed by atoms with van der Waals surface area (Å²) in [6.45, 7) is 3.77. The van der Waals surface area contributed by atoms with Crippen LogP contribution < -0.4 is 10.6 Å². The zero-order valence-electron chi connectivity index (χ0n) is 16.6. The van der Waals surface area contributed by atoms with Crippen LogP contribution in [0.5, 0.6) is 5.75 Å². The summed E-state index contributed by atoms with van der Waals surface area (Å²) in [5.74, 6) is -1.84. The maximum atomic E-state index is 14.0. The number of hydrogen-bond donors (Lipinski definition) is 4. The van der Waals surface area contributed by atoms with Crippen molar-refractivity contribution in [2.45, 2.75) is 31.7 Å². The van der Waals surface area contributed by atoms with Gasteiger partial charge in [0.1, 0.15) is 11.6 Å². The SMILES string of the molecule is C=CCCC(O)(C(=O)NC)N1Cc2c(NCc3ccc(O)cc3F)cccc2C1=O. The van der Waals surface area contributed by atoms with Gasteiger partial charge in [0, 0.05) is 48.5 Å². The van der Waals surface area contributed by atoms with Crippen molar-refractivity contribution in [1.82, 2.24) is 10.2 Å². The number of aliphatic hydroxyl groups is 1. The molecular weight excluding hydrogens is 389 g/mol. The van der Waals surface area contributed by atoms with Crippen LogP contribution in [-0.4, -0.2) is 39.7 Å². The molecule has 1 aliphatic heterocycles. The van der Waals surface area contributed by atoms with Gasteiger partial charge in [-0.05, 0) is 24.6 Å². The van der Waals surface area contributed by atoms with Crippen LogP contribution in [0.2, 0.25) is 0 Å². The lowest BCUT2D eigenvalue weighted by Crippen LogP contribution is -2.58. The minimum absolute atomic E-state index is 0.0113. The lowest BCUT2D eigenvalue weighted by atomic mass is 10.0. The third-order valence-corrected chi connectivity index (χ3v) is 5.21. The largest absolute Gasteiger partial charge is 0.508 e. The Kier molecular flexibility index (Phi) is 6.07. The third-order valence-electron chi connectivity index (χ3n) is 5.21. The van der Waals surface area contributed by atoms with E-state index in [4.69, 9.17) is 0 Å². The summed E-state index contributed by atoms with van der Waals surface area (Å²) in [6, 6.07) is 8.94. The quantitative estimate of drug-likeness (QED) is 0.498. The van der Waals surface area contributed by atoms with Gasteiger partial charge in [0.15, 0.2) is 0 Å². The second kappa shape index (κ2) is 8.54. The lowest BCUT2D eigenvalue weighted by Gasteiger charge is -2.35. The van der Waals surface area contributed by atoms with Crippen molar-refractivity contribution < 1.29 is 24.2 Å². The number of hydrogen-bond acceptors (Lipinski definition) is 5. The molecule has 0 radical (unpaired) electrons. The minimum atomic E-state index is -2.01. The third kappa shape index (κ3) is 3.86. The molecule has 158 valence electrons. The number of allylic oxidation sites excluding steroid dienone is 1. The zero-order chi connectivity index (χ0) is 21.9. The molecule has 0 fully saturated rings. The number of anilines is 1. The molecule has 0 bridgehead atoms. The van der Waals surface area contributed by atoms with Gasteiger partial charge in [-0.2, -0.15) is 0 Å². The molecule has 1 unspecified atom stereocenters. The maximum absolute atomic E-state index is 14.0. The van der Waals surface area contributed by atoms with Gasteiger partial charge in [-0.3, -0.25) is 14.5 Å². The number of nitrogens with zero attached hydrogens (tertiary/aromatic N) is 1. The summed E-state index contributed by atoms with van der Waals surface area (Å²) in [7, 11) is 1.40. The highest BCUT2D eigenvalue weighted by Crippen LogP contribution is 2.35. The minimum Gasteiger partial charge on any atom is -0.508 e. The van der Waals surface area contributed by atoms with Gasteiger partial charge in [-0.25, -0.2) is 4.39 Å². The molecule has 0 aromatic heterocycles. The molecule has 1 aliphatic rings.